The largest absolute Gasteiger partial charge is 0.368 e. The summed E-state index contributed by atoms with van der Waals surface area (Å²) >= 11 is 3.12. The molecule has 74 valence electrons. The topological polar surface area (TPSA) is 86.2 Å². The van der Waals surface area contributed by atoms with Crippen molar-refractivity contribution in [2.24, 2.45) is 11.5 Å². The van der Waals surface area contributed by atoms with Crippen LogP contribution >= 0.6 is 15.9 Å². The number of hydrogen-bond donors (Lipinski definition) is 2. The lowest BCUT2D eigenvalue weighted by Crippen LogP contribution is -2.17. The minimum Gasteiger partial charge on any atom is -0.368 e. The molecule has 1 rings (SSSR count). The van der Waals surface area contributed by atoms with Gasteiger partial charge in [-0.3, -0.25) is 9.59 Å². The van der Waals surface area contributed by atoms with E-state index in [0.29, 0.717) is 11.1 Å². The van der Waals surface area contributed by atoms with E-state index in [1.54, 1.807) is 24.3 Å². The molecular weight excluding hydrogens is 248 g/mol. The van der Waals surface area contributed by atoms with Gasteiger partial charge in [0.2, 0.25) is 11.8 Å². The van der Waals surface area contributed by atoms with Gasteiger partial charge in [-0.2, -0.15) is 0 Å². The van der Waals surface area contributed by atoms with E-state index >= 15 is 0 Å². The van der Waals surface area contributed by atoms with Gasteiger partial charge in [0, 0.05) is 5.56 Å². The van der Waals surface area contributed by atoms with Crippen LogP contribution in [-0.2, 0) is 4.79 Å². The average Bonchev–Trinajstić information content (AvgIpc) is 2.16. The van der Waals surface area contributed by atoms with Crippen molar-refractivity contribution in [1.29, 1.82) is 0 Å². The van der Waals surface area contributed by atoms with Gasteiger partial charge in [0.25, 0.3) is 0 Å². The number of primary amides is 2. The molecule has 0 aliphatic carbocycles. The first kappa shape index (κ1) is 10.7. The summed E-state index contributed by atoms with van der Waals surface area (Å²) in [6.07, 6.45) is 0. The van der Waals surface area contributed by atoms with Crippen LogP contribution in [0.15, 0.2) is 24.3 Å². The number of alkyl halides is 1. The second-order valence-electron chi connectivity index (χ2n) is 2.75. The third-order valence-electron chi connectivity index (χ3n) is 1.74. The molecule has 0 fully saturated rings. The number of hydrogen-bond acceptors (Lipinski definition) is 2. The molecule has 0 aliphatic heterocycles. The monoisotopic (exact) mass is 256 g/mol. The van der Waals surface area contributed by atoms with Crippen LogP contribution in [0.2, 0.25) is 0 Å². The first-order chi connectivity index (χ1) is 6.52. The minimum absolute atomic E-state index is 0.401. The molecule has 0 heterocycles. The second-order valence-corrected chi connectivity index (χ2v) is 3.67. The zero-order valence-corrected chi connectivity index (χ0v) is 8.82. The molecule has 1 aromatic rings. The van der Waals surface area contributed by atoms with E-state index < -0.39 is 16.6 Å². The molecule has 1 aromatic carbocycles. The number of benzene rings is 1. The predicted molar refractivity (Wildman–Crippen MR) is 55.8 cm³/mol. The van der Waals surface area contributed by atoms with Crippen LogP contribution in [-0.4, -0.2) is 11.8 Å². The summed E-state index contributed by atoms with van der Waals surface area (Å²) in [4.78, 5) is 21.0. The first-order valence-electron chi connectivity index (χ1n) is 3.85. The van der Waals surface area contributed by atoms with Crippen molar-refractivity contribution in [2.45, 2.75) is 4.83 Å². The van der Waals surface area contributed by atoms with E-state index in [9.17, 15) is 9.59 Å². The second kappa shape index (κ2) is 4.23. The zero-order valence-electron chi connectivity index (χ0n) is 7.24. The molecule has 0 spiro atoms. The maximum atomic E-state index is 10.8. The lowest BCUT2D eigenvalue weighted by Gasteiger charge is -2.05. The lowest BCUT2D eigenvalue weighted by atomic mass is 10.1. The van der Waals surface area contributed by atoms with Crippen LogP contribution in [0.4, 0.5) is 0 Å². The van der Waals surface area contributed by atoms with Gasteiger partial charge in [0.15, 0.2) is 0 Å². The van der Waals surface area contributed by atoms with Gasteiger partial charge in [0.1, 0.15) is 4.83 Å². The van der Waals surface area contributed by atoms with Crippen molar-refractivity contribution < 1.29 is 9.59 Å². The summed E-state index contributed by atoms with van der Waals surface area (Å²) in [5.41, 5.74) is 11.2. The highest BCUT2D eigenvalue weighted by Crippen LogP contribution is 2.22. The summed E-state index contributed by atoms with van der Waals surface area (Å²) in [5.74, 6) is -0.974. The number of rotatable bonds is 3. The Labute approximate surface area is 89.4 Å². The summed E-state index contributed by atoms with van der Waals surface area (Å²) in [6, 6.07) is 6.36. The maximum absolute atomic E-state index is 10.8. The van der Waals surface area contributed by atoms with Crippen LogP contribution in [0.1, 0.15) is 20.7 Å². The van der Waals surface area contributed by atoms with E-state index in [2.05, 4.69) is 15.9 Å². The Kier molecular flexibility index (Phi) is 3.24. The van der Waals surface area contributed by atoms with Gasteiger partial charge in [-0.1, -0.05) is 28.1 Å². The molecule has 2 amide bonds. The Morgan fingerprint density at radius 2 is 1.64 bits per heavy atom. The highest BCUT2D eigenvalue weighted by molar-refractivity contribution is 9.09. The summed E-state index contributed by atoms with van der Waals surface area (Å²) in [5, 5.41) is 0. The molecule has 5 heteroatoms. The number of halogens is 1. The van der Waals surface area contributed by atoms with Crippen LogP contribution in [0, 0.1) is 0 Å². The highest BCUT2D eigenvalue weighted by Gasteiger charge is 2.13. The number of carbonyl (C=O) groups is 2. The fourth-order valence-electron chi connectivity index (χ4n) is 0.981. The average molecular weight is 257 g/mol. The SMILES string of the molecule is NC(=O)c1ccc(C(Br)C(N)=O)cc1. The standard InChI is InChI=1S/C9H9BrN2O2/c10-7(9(12)14)5-1-3-6(4-2-5)8(11)13/h1-4,7H,(H2,11,13)(H2,12,14). The van der Waals surface area contributed by atoms with E-state index in [0.717, 1.165) is 0 Å². The van der Waals surface area contributed by atoms with Crippen molar-refractivity contribution in [3.05, 3.63) is 35.4 Å². The van der Waals surface area contributed by atoms with E-state index in [1.807, 2.05) is 0 Å². The Bertz CT molecular complexity index is 362. The van der Waals surface area contributed by atoms with Crippen LogP contribution in [0.3, 0.4) is 0 Å². The lowest BCUT2D eigenvalue weighted by molar-refractivity contribution is -0.117. The van der Waals surface area contributed by atoms with Gasteiger partial charge < -0.3 is 11.5 Å². The van der Waals surface area contributed by atoms with Gasteiger partial charge in [-0.15, -0.1) is 0 Å². The molecule has 0 aromatic heterocycles. The molecule has 1 unspecified atom stereocenters. The van der Waals surface area contributed by atoms with Crippen LogP contribution in [0.25, 0.3) is 0 Å². The molecular formula is C9H9BrN2O2. The Morgan fingerprint density at radius 1 is 1.14 bits per heavy atom. The van der Waals surface area contributed by atoms with Crippen LogP contribution in [0.5, 0.6) is 0 Å². The van der Waals surface area contributed by atoms with Crippen LogP contribution < -0.4 is 11.5 Å². The van der Waals surface area contributed by atoms with Gasteiger partial charge >= 0.3 is 0 Å². The quantitative estimate of drug-likeness (QED) is 0.781. The summed E-state index contributed by atoms with van der Waals surface area (Å²) in [7, 11) is 0. The van der Waals surface area contributed by atoms with Gasteiger partial charge in [-0.05, 0) is 17.7 Å². The normalized spacial score (nSPS) is 12.1. The molecule has 4 N–H and O–H groups in total. The molecule has 0 bridgehead atoms. The fourth-order valence-corrected chi connectivity index (χ4v) is 1.29. The van der Waals surface area contributed by atoms with Gasteiger partial charge in [-0.25, -0.2) is 0 Å². The Balaban J connectivity index is 2.94. The highest BCUT2D eigenvalue weighted by atomic mass is 79.9. The van der Waals surface area contributed by atoms with Crippen molar-refractivity contribution in [3.8, 4) is 0 Å². The van der Waals surface area contributed by atoms with Crippen molar-refractivity contribution >= 4 is 27.7 Å². The smallest absolute Gasteiger partial charge is 0.248 e. The third-order valence-corrected chi connectivity index (χ3v) is 2.72. The van der Waals surface area contributed by atoms with E-state index in [4.69, 9.17) is 11.5 Å². The summed E-state index contributed by atoms with van der Waals surface area (Å²) < 4.78 is 0. The third kappa shape index (κ3) is 2.32. The zero-order chi connectivity index (χ0) is 10.7. The van der Waals surface area contributed by atoms with Crippen molar-refractivity contribution in [3.63, 3.8) is 0 Å². The van der Waals surface area contributed by atoms with E-state index in [-0.39, 0.29) is 0 Å². The molecule has 0 aliphatic rings. The molecule has 4 nitrogen and oxygen atoms in total. The number of carbonyl (C=O) groups excluding carboxylic acids is 2. The number of amides is 2. The number of nitrogens with two attached hydrogens (primary N) is 2. The molecule has 0 radical (unpaired) electrons. The minimum atomic E-state index is -0.538. The predicted octanol–water partition coefficient (Wildman–Crippen LogP) is 0.707. The fraction of sp³-hybridized carbons (Fsp3) is 0.111. The molecule has 0 saturated carbocycles. The first-order valence-corrected chi connectivity index (χ1v) is 4.77. The molecule has 0 saturated heterocycles. The Morgan fingerprint density at radius 3 is 2.00 bits per heavy atom. The van der Waals surface area contributed by atoms with Gasteiger partial charge in [0.05, 0.1) is 0 Å². The Hall–Kier alpha value is -1.36. The van der Waals surface area contributed by atoms with E-state index in [1.165, 1.54) is 0 Å². The van der Waals surface area contributed by atoms with Crippen molar-refractivity contribution in [2.75, 3.05) is 0 Å². The maximum Gasteiger partial charge on any atom is 0.248 e. The summed E-state index contributed by atoms with van der Waals surface area (Å²) in [6.45, 7) is 0. The molecule has 14 heavy (non-hydrogen) atoms. The van der Waals surface area contributed by atoms with Crippen molar-refractivity contribution in [1.82, 2.24) is 0 Å². The molecule has 1 atom stereocenters.